The molecule has 0 spiro atoms. The Morgan fingerprint density at radius 3 is 3.08 bits per heavy atom. The summed E-state index contributed by atoms with van der Waals surface area (Å²) < 4.78 is 0. The summed E-state index contributed by atoms with van der Waals surface area (Å²) in [6, 6.07) is 3.43. The number of carbonyl (C=O) groups excluding carboxylic acids is 1. The van der Waals surface area contributed by atoms with Gasteiger partial charge in [-0.15, -0.1) is 0 Å². The van der Waals surface area contributed by atoms with E-state index in [9.17, 15) is 4.79 Å². The smallest absolute Gasteiger partial charge is 0.253 e. The fourth-order valence-corrected chi connectivity index (χ4v) is 0.812. The summed E-state index contributed by atoms with van der Waals surface area (Å²) in [6.07, 6.45) is 3.15. The Hall–Kier alpha value is -1.46. The lowest BCUT2D eigenvalue weighted by molar-refractivity contribution is 0.0948. The molecule has 1 amide bonds. The number of hydrogen-bond donors (Lipinski definition) is 3. The Balaban J connectivity index is 2.40. The topological polar surface area (TPSA) is 66.0 Å². The molecule has 0 aliphatic rings. The van der Waals surface area contributed by atoms with Crippen molar-refractivity contribution in [3.8, 4) is 0 Å². The summed E-state index contributed by atoms with van der Waals surface area (Å²) in [7, 11) is 1.73. The van der Waals surface area contributed by atoms with Gasteiger partial charge in [-0.2, -0.15) is 0 Å². The molecule has 0 fully saturated rings. The van der Waals surface area contributed by atoms with Crippen molar-refractivity contribution >= 4 is 5.91 Å². The number of aromatic nitrogens is 1. The highest BCUT2D eigenvalue weighted by molar-refractivity contribution is 5.93. The van der Waals surface area contributed by atoms with E-state index in [1.807, 2.05) is 0 Å². The fourth-order valence-electron chi connectivity index (χ4n) is 0.812. The molecule has 70 valence electrons. The highest BCUT2D eigenvalue weighted by Crippen LogP contribution is 1.93. The normalized spacial score (nSPS) is 9.62. The molecular weight excluding hydrogens is 168 g/mol. The third kappa shape index (κ3) is 3.18. The number of nitrogens with zero attached hydrogens (tertiary/aromatic N) is 1. The van der Waals surface area contributed by atoms with Crippen molar-refractivity contribution in [1.29, 1.82) is 0 Å². The Kier molecular flexibility index (Phi) is 3.87. The van der Waals surface area contributed by atoms with Gasteiger partial charge in [0, 0.05) is 12.4 Å². The van der Waals surface area contributed by atoms with E-state index in [4.69, 9.17) is 0 Å². The number of nitrogens with one attached hydrogen (secondary N) is 3. The minimum atomic E-state index is -0.143. The maximum absolute atomic E-state index is 11.3. The maximum atomic E-state index is 11.3. The first-order valence-corrected chi connectivity index (χ1v) is 3.92. The van der Waals surface area contributed by atoms with Crippen molar-refractivity contribution < 1.29 is 4.79 Å². The van der Waals surface area contributed by atoms with Gasteiger partial charge in [0.05, 0.1) is 12.2 Å². The number of amides is 1. The average Bonchev–Trinajstić information content (AvgIpc) is 2.19. The van der Waals surface area contributed by atoms with Crippen molar-refractivity contribution in [3.05, 3.63) is 30.1 Å². The molecule has 0 saturated heterocycles. The lowest BCUT2D eigenvalue weighted by Gasteiger charge is -2.04. The van der Waals surface area contributed by atoms with Crippen molar-refractivity contribution in [2.75, 3.05) is 13.7 Å². The highest BCUT2D eigenvalue weighted by Gasteiger charge is 2.02. The van der Waals surface area contributed by atoms with Gasteiger partial charge in [0.25, 0.3) is 5.91 Å². The van der Waals surface area contributed by atoms with E-state index in [1.165, 1.54) is 6.20 Å². The average molecular weight is 180 g/mol. The number of pyridine rings is 1. The van der Waals surface area contributed by atoms with Gasteiger partial charge in [0.1, 0.15) is 0 Å². The third-order valence-electron chi connectivity index (χ3n) is 1.44. The molecule has 13 heavy (non-hydrogen) atoms. The Morgan fingerprint density at radius 1 is 1.62 bits per heavy atom. The van der Waals surface area contributed by atoms with Crippen LogP contribution in [-0.2, 0) is 0 Å². The number of hydrazine groups is 1. The first kappa shape index (κ1) is 9.63. The molecule has 5 heteroatoms. The second-order valence-electron chi connectivity index (χ2n) is 2.35. The predicted molar refractivity (Wildman–Crippen MR) is 48.8 cm³/mol. The lowest BCUT2D eigenvalue weighted by atomic mass is 10.3. The van der Waals surface area contributed by atoms with Gasteiger partial charge < -0.3 is 5.32 Å². The van der Waals surface area contributed by atoms with E-state index >= 15 is 0 Å². The maximum Gasteiger partial charge on any atom is 0.253 e. The summed E-state index contributed by atoms with van der Waals surface area (Å²) >= 11 is 0. The molecule has 0 aromatic carbocycles. The molecule has 0 radical (unpaired) electrons. The first-order valence-electron chi connectivity index (χ1n) is 3.92. The molecule has 1 aromatic heterocycles. The van der Waals surface area contributed by atoms with E-state index < -0.39 is 0 Å². The zero-order chi connectivity index (χ0) is 9.52. The quantitative estimate of drug-likeness (QED) is 0.332. The van der Waals surface area contributed by atoms with Crippen LogP contribution in [0.3, 0.4) is 0 Å². The first-order chi connectivity index (χ1) is 6.34. The number of rotatable bonds is 4. The summed E-state index contributed by atoms with van der Waals surface area (Å²) in [5.41, 5.74) is 6.00. The fraction of sp³-hybridized carbons (Fsp3) is 0.250. The van der Waals surface area contributed by atoms with Crippen LogP contribution in [0.5, 0.6) is 0 Å². The van der Waals surface area contributed by atoms with Crippen LogP contribution in [0, 0.1) is 0 Å². The summed E-state index contributed by atoms with van der Waals surface area (Å²) in [4.78, 5) is 15.1. The van der Waals surface area contributed by atoms with Crippen molar-refractivity contribution in [1.82, 2.24) is 21.2 Å². The third-order valence-corrected chi connectivity index (χ3v) is 1.44. The molecule has 5 nitrogen and oxygen atoms in total. The van der Waals surface area contributed by atoms with Crippen LogP contribution in [0.1, 0.15) is 10.4 Å². The van der Waals surface area contributed by atoms with Gasteiger partial charge in [0.2, 0.25) is 0 Å². The van der Waals surface area contributed by atoms with Gasteiger partial charge in [-0.3, -0.25) is 15.2 Å². The molecule has 0 bridgehead atoms. The van der Waals surface area contributed by atoms with E-state index in [0.717, 1.165) is 0 Å². The molecule has 1 heterocycles. The molecular formula is C8H12N4O. The standard InChI is InChI=1S/C8H12N4O/c1-9-12-6-11-8(13)7-3-2-4-10-5-7/h2-5,9,12H,6H2,1H3,(H,11,13). The molecule has 0 saturated carbocycles. The number of carbonyl (C=O) groups is 1. The second kappa shape index (κ2) is 5.23. The van der Waals surface area contributed by atoms with Gasteiger partial charge >= 0.3 is 0 Å². The lowest BCUT2D eigenvalue weighted by Crippen LogP contribution is -2.39. The minimum absolute atomic E-state index is 0.143. The Labute approximate surface area is 76.5 Å². The zero-order valence-corrected chi connectivity index (χ0v) is 7.37. The van der Waals surface area contributed by atoms with Gasteiger partial charge in [-0.05, 0) is 19.2 Å². The molecule has 1 aromatic rings. The van der Waals surface area contributed by atoms with Crippen LogP contribution in [0.25, 0.3) is 0 Å². The van der Waals surface area contributed by atoms with Crippen LogP contribution in [0.15, 0.2) is 24.5 Å². The molecule has 1 rings (SSSR count). The zero-order valence-electron chi connectivity index (χ0n) is 7.37. The minimum Gasteiger partial charge on any atom is -0.338 e. The monoisotopic (exact) mass is 180 g/mol. The number of hydrogen-bond acceptors (Lipinski definition) is 4. The molecule has 0 aliphatic heterocycles. The highest BCUT2D eigenvalue weighted by atomic mass is 16.1. The van der Waals surface area contributed by atoms with Crippen LogP contribution >= 0.6 is 0 Å². The van der Waals surface area contributed by atoms with Gasteiger partial charge in [0.15, 0.2) is 0 Å². The molecule has 3 N–H and O–H groups in total. The van der Waals surface area contributed by atoms with Crippen molar-refractivity contribution in [2.45, 2.75) is 0 Å². The molecule has 0 unspecified atom stereocenters. The second-order valence-corrected chi connectivity index (χ2v) is 2.35. The van der Waals surface area contributed by atoms with Crippen molar-refractivity contribution in [3.63, 3.8) is 0 Å². The summed E-state index contributed by atoms with van der Waals surface area (Å²) in [6.45, 7) is 0.379. The summed E-state index contributed by atoms with van der Waals surface area (Å²) in [5, 5.41) is 2.65. The SMILES string of the molecule is CNNCNC(=O)c1cccnc1. The van der Waals surface area contributed by atoms with Crippen LogP contribution in [0.4, 0.5) is 0 Å². The Morgan fingerprint density at radius 2 is 2.46 bits per heavy atom. The largest absolute Gasteiger partial charge is 0.338 e. The molecule has 0 atom stereocenters. The van der Waals surface area contributed by atoms with Crippen LogP contribution in [-0.4, -0.2) is 24.6 Å². The predicted octanol–water partition coefficient (Wildman–Crippen LogP) is -0.507. The van der Waals surface area contributed by atoms with Gasteiger partial charge in [-0.25, -0.2) is 5.43 Å². The van der Waals surface area contributed by atoms with E-state index in [0.29, 0.717) is 12.2 Å². The summed E-state index contributed by atoms with van der Waals surface area (Å²) in [5.74, 6) is -0.143. The molecule has 0 aliphatic carbocycles. The van der Waals surface area contributed by atoms with Gasteiger partial charge in [-0.1, -0.05) is 0 Å². The van der Waals surface area contributed by atoms with Crippen LogP contribution in [0.2, 0.25) is 0 Å². The van der Waals surface area contributed by atoms with E-state index in [2.05, 4.69) is 21.2 Å². The van der Waals surface area contributed by atoms with Crippen LogP contribution < -0.4 is 16.2 Å². The Bertz CT molecular complexity index is 262. The van der Waals surface area contributed by atoms with E-state index in [-0.39, 0.29) is 5.91 Å². The van der Waals surface area contributed by atoms with E-state index in [1.54, 1.807) is 25.4 Å². The van der Waals surface area contributed by atoms with Crippen molar-refractivity contribution in [2.24, 2.45) is 0 Å².